The summed E-state index contributed by atoms with van der Waals surface area (Å²) < 4.78 is 9.96. The van der Waals surface area contributed by atoms with E-state index in [0.29, 0.717) is 23.5 Å². The first-order valence-corrected chi connectivity index (χ1v) is 9.88. The minimum absolute atomic E-state index is 0.0287. The Hall–Kier alpha value is -3.53. The summed E-state index contributed by atoms with van der Waals surface area (Å²) in [5.41, 5.74) is 2.47. The van der Waals surface area contributed by atoms with Crippen molar-refractivity contribution in [2.75, 3.05) is 13.1 Å². The van der Waals surface area contributed by atoms with E-state index in [1.807, 2.05) is 24.4 Å². The number of rotatable bonds is 4. The molecule has 30 heavy (non-hydrogen) atoms. The van der Waals surface area contributed by atoms with Crippen molar-refractivity contribution >= 4 is 22.6 Å². The molecule has 0 spiro atoms. The zero-order valence-corrected chi connectivity index (χ0v) is 16.5. The quantitative estimate of drug-likeness (QED) is 0.509. The molecule has 10 nitrogen and oxygen atoms in total. The van der Waals surface area contributed by atoms with Crippen molar-refractivity contribution in [1.82, 2.24) is 34.0 Å². The van der Waals surface area contributed by atoms with Crippen LogP contribution in [0.3, 0.4) is 0 Å². The van der Waals surface area contributed by atoms with E-state index < -0.39 is 5.97 Å². The topological polar surface area (TPSA) is 108 Å². The van der Waals surface area contributed by atoms with Gasteiger partial charge in [0.05, 0.1) is 29.5 Å². The summed E-state index contributed by atoms with van der Waals surface area (Å²) >= 11 is 0. The Balaban J connectivity index is 1.69. The van der Waals surface area contributed by atoms with Crippen LogP contribution in [0.1, 0.15) is 25.8 Å². The van der Waals surface area contributed by atoms with Gasteiger partial charge in [-0.05, 0) is 31.5 Å². The van der Waals surface area contributed by atoms with Gasteiger partial charge in [0.1, 0.15) is 5.52 Å². The van der Waals surface area contributed by atoms with Gasteiger partial charge in [0.2, 0.25) is 0 Å². The molecule has 0 radical (unpaired) electrons. The lowest BCUT2D eigenvalue weighted by Crippen LogP contribution is -2.37. The predicted molar refractivity (Wildman–Crippen MR) is 109 cm³/mol. The number of carbonyl (C=O) groups excluding carboxylic acids is 1. The summed E-state index contributed by atoms with van der Waals surface area (Å²) in [6.07, 6.45) is 7.03. The summed E-state index contributed by atoms with van der Waals surface area (Å²) in [5.74, 6) is 0.0388. The molecule has 154 valence electrons. The van der Waals surface area contributed by atoms with E-state index in [9.17, 15) is 9.59 Å². The predicted octanol–water partition coefficient (Wildman–Crippen LogP) is 1.35. The van der Waals surface area contributed by atoms with E-state index in [1.54, 1.807) is 21.5 Å². The molecule has 1 N–H and O–H groups in total. The van der Waals surface area contributed by atoms with Crippen molar-refractivity contribution in [2.45, 2.75) is 32.5 Å². The van der Waals surface area contributed by atoms with Gasteiger partial charge >= 0.3 is 11.7 Å². The van der Waals surface area contributed by atoms with E-state index in [2.05, 4.69) is 15.4 Å². The number of esters is 1. The van der Waals surface area contributed by atoms with Crippen LogP contribution < -0.4 is 11.0 Å². The lowest BCUT2D eigenvalue weighted by Gasteiger charge is -2.23. The summed E-state index contributed by atoms with van der Waals surface area (Å²) in [6.45, 7) is 2.76. The maximum Gasteiger partial charge on any atom is 0.333 e. The van der Waals surface area contributed by atoms with Gasteiger partial charge in [0, 0.05) is 19.7 Å². The lowest BCUT2D eigenvalue weighted by atomic mass is 10.1. The molecule has 0 aliphatic carbocycles. The number of imidazole rings is 1. The van der Waals surface area contributed by atoms with Gasteiger partial charge in [-0.15, -0.1) is 0 Å². The Bertz CT molecular complexity index is 1300. The van der Waals surface area contributed by atoms with E-state index >= 15 is 0 Å². The van der Waals surface area contributed by atoms with E-state index in [0.717, 1.165) is 30.5 Å². The minimum Gasteiger partial charge on any atom is -0.444 e. The maximum absolute atomic E-state index is 13.2. The van der Waals surface area contributed by atoms with Crippen LogP contribution >= 0.6 is 0 Å². The molecule has 1 saturated heterocycles. The number of fused-ring (bicyclic) bond motifs is 2. The minimum atomic E-state index is -0.453. The monoisotopic (exact) mass is 407 g/mol. The first kappa shape index (κ1) is 18.5. The van der Waals surface area contributed by atoms with Crippen molar-refractivity contribution in [3.05, 3.63) is 47.3 Å². The van der Waals surface area contributed by atoms with Crippen molar-refractivity contribution in [3.63, 3.8) is 0 Å². The van der Waals surface area contributed by atoms with E-state index in [4.69, 9.17) is 9.72 Å². The van der Waals surface area contributed by atoms with Gasteiger partial charge in [-0.25, -0.2) is 19.3 Å². The number of nitrogens with one attached hydrogen (secondary N) is 1. The average molecular weight is 407 g/mol. The Morgan fingerprint density at radius 2 is 2.20 bits per heavy atom. The molecule has 1 aliphatic heterocycles. The Labute approximate surface area is 171 Å². The molecular formula is C20H21N7O3. The number of hydrogen-bond donors (Lipinski definition) is 1. The van der Waals surface area contributed by atoms with Crippen LogP contribution in [0.15, 0.2) is 41.6 Å². The molecule has 4 aromatic heterocycles. The molecule has 0 amide bonds. The largest absolute Gasteiger partial charge is 0.444 e. The van der Waals surface area contributed by atoms with Gasteiger partial charge in [-0.1, -0.05) is 6.07 Å². The van der Waals surface area contributed by atoms with Crippen molar-refractivity contribution < 1.29 is 9.53 Å². The molecule has 0 saturated carbocycles. The first-order valence-electron chi connectivity index (χ1n) is 9.88. The number of pyridine rings is 1. The van der Waals surface area contributed by atoms with E-state index in [1.165, 1.54) is 11.5 Å². The van der Waals surface area contributed by atoms with Crippen LogP contribution in [-0.4, -0.2) is 47.8 Å². The Kier molecular flexibility index (Phi) is 4.55. The normalized spacial score (nSPS) is 16.9. The number of aromatic nitrogens is 6. The van der Waals surface area contributed by atoms with Gasteiger partial charge in [0.15, 0.2) is 18.2 Å². The zero-order valence-electron chi connectivity index (χ0n) is 16.5. The Morgan fingerprint density at radius 1 is 1.30 bits per heavy atom. The smallest absolute Gasteiger partial charge is 0.333 e. The molecule has 5 rings (SSSR count). The molecule has 0 aromatic carbocycles. The average Bonchev–Trinajstić information content (AvgIpc) is 3.31. The molecular weight excluding hydrogens is 386 g/mol. The van der Waals surface area contributed by atoms with Gasteiger partial charge < -0.3 is 10.1 Å². The van der Waals surface area contributed by atoms with Crippen molar-refractivity contribution in [1.29, 1.82) is 0 Å². The van der Waals surface area contributed by atoms with Crippen LogP contribution in [-0.2, 0) is 16.3 Å². The highest BCUT2D eigenvalue weighted by molar-refractivity contribution is 5.79. The molecule has 0 bridgehead atoms. The fraction of sp³-hybridized carbons (Fsp3) is 0.350. The van der Waals surface area contributed by atoms with Crippen LogP contribution in [0.4, 0.5) is 0 Å². The SMILES string of the molecule is CC(=O)OCn1c(=O)n(C2CCCNC2)c2nc(-c3cnn4ccccc34)ncc21. The van der Waals surface area contributed by atoms with Gasteiger partial charge in [-0.2, -0.15) is 5.10 Å². The summed E-state index contributed by atoms with van der Waals surface area (Å²) in [6, 6.07) is 5.74. The highest BCUT2D eigenvalue weighted by Gasteiger charge is 2.25. The molecule has 1 unspecified atom stereocenters. The van der Waals surface area contributed by atoms with Crippen molar-refractivity contribution in [3.8, 4) is 11.4 Å². The molecule has 10 heteroatoms. The molecule has 5 heterocycles. The lowest BCUT2D eigenvalue weighted by molar-refractivity contribution is -0.144. The fourth-order valence-corrected chi connectivity index (χ4v) is 3.96. The second-order valence-electron chi connectivity index (χ2n) is 7.34. The standard InChI is InChI=1S/C20H21N7O3/c1-13(28)30-12-25-17-11-22-18(15-10-23-26-8-3-2-6-16(15)26)24-19(17)27(20(25)29)14-5-4-7-21-9-14/h2-3,6,8,10-11,14,21H,4-5,7,9,12H2,1H3. The summed E-state index contributed by atoms with van der Waals surface area (Å²) in [4.78, 5) is 33.8. The molecule has 1 aliphatic rings. The summed E-state index contributed by atoms with van der Waals surface area (Å²) in [5, 5.41) is 7.69. The second-order valence-corrected chi connectivity index (χ2v) is 7.34. The summed E-state index contributed by atoms with van der Waals surface area (Å²) in [7, 11) is 0. The molecule has 4 aromatic rings. The second kappa shape index (κ2) is 7.38. The van der Waals surface area contributed by atoms with Crippen LogP contribution in [0, 0.1) is 0 Å². The van der Waals surface area contributed by atoms with Gasteiger partial charge in [0.25, 0.3) is 0 Å². The highest BCUT2D eigenvalue weighted by Crippen LogP contribution is 2.25. The van der Waals surface area contributed by atoms with Crippen molar-refractivity contribution in [2.24, 2.45) is 0 Å². The third-order valence-corrected chi connectivity index (χ3v) is 5.41. The van der Waals surface area contributed by atoms with Crippen LogP contribution in [0.25, 0.3) is 28.1 Å². The number of hydrogen-bond acceptors (Lipinski definition) is 7. The van der Waals surface area contributed by atoms with Gasteiger partial charge in [-0.3, -0.25) is 13.9 Å². The number of carbonyl (C=O) groups is 1. The number of nitrogens with zero attached hydrogens (tertiary/aromatic N) is 6. The number of piperidine rings is 1. The zero-order chi connectivity index (χ0) is 20.7. The third kappa shape index (κ3) is 3.05. The third-order valence-electron chi connectivity index (χ3n) is 5.41. The molecule has 1 atom stereocenters. The van der Waals surface area contributed by atoms with Crippen LogP contribution in [0.2, 0.25) is 0 Å². The first-order chi connectivity index (χ1) is 14.6. The Morgan fingerprint density at radius 3 is 3.00 bits per heavy atom. The number of ether oxygens (including phenoxy) is 1. The maximum atomic E-state index is 13.2. The fourth-order valence-electron chi connectivity index (χ4n) is 3.96. The van der Waals surface area contributed by atoms with Crippen LogP contribution in [0.5, 0.6) is 0 Å². The highest BCUT2D eigenvalue weighted by atomic mass is 16.5. The van der Waals surface area contributed by atoms with E-state index in [-0.39, 0.29) is 18.5 Å². The molecule has 1 fully saturated rings.